The SMILES string of the molecule is COc1ccc(/C(O)=C2/C(=O)C(=O)N(c3cc(C)ccc3O)C2c2cccc(C)c2)cc1C(C)(C)C. The Labute approximate surface area is 211 Å². The number of benzene rings is 3. The Hall–Kier alpha value is -4.06. The average Bonchev–Trinajstić information content (AvgIpc) is 3.09. The van der Waals surface area contributed by atoms with Crippen molar-refractivity contribution in [2.45, 2.75) is 46.1 Å². The fraction of sp³-hybridized carbons (Fsp3) is 0.267. The molecule has 36 heavy (non-hydrogen) atoms. The minimum absolute atomic E-state index is 0.0310. The molecule has 4 rings (SSSR count). The number of hydrogen-bond donors (Lipinski definition) is 2. The monoisotopic (exact) mass is 485 g/mol. The first-order valence-electron chi connectivity index (χ1n) is 11.8. The lowest BCUT2D eigenvalue weighted by molar-refractivity contribution is -0.132. The van der Waals surface area contributed by atoms with Gasteiger partial charge in [-0.1, -0.05) is 56.7 Å². The minimum Gasteiger partial charge on any atom is -0.507 e. The fourth-order valence-electron chi connectivity index (χ4n) is 4.66. The Morgan fingerprint density at radius 3 is 2.28 bits per heavy atom. The lowest BCUT2D eigenvalue weighted by Crippen LogP contribution is -2.29. The minimum atomic E-state index is -0.919. The van der Waals surface area contributed by atoms with Crippen LogP contribution in [0.3, 0.4) is 0 Å². The van der Waals surface area contributed by atoms with Crippen LogP contribution < -0.4 is 9.64 Å². The number of aliphatic hydroxyl groups excluding tert-OH is 1. The van der Waals surface area contributed by atoms with Gasteiger partial charge in [0.05, 0.1) is 24.4 Å². The van der Waals surface area contributed by atoms with Crippen molar-refractivity contribution in [3.05, 3.63) is 94.1 Å². The summed E-state index contributed by atoms with van der Waals surface area (Å²) >= 11 is 0. The van der Waals surface area contributed by atoms with Crippen LogP contribution in [0.2, 0.25) is 0 Å². The van der Waals surface area contributed by atoms with Crippen LogP contribution in [0.5, 0.6) is 11.5 Å². The van der Waals surface area contributed by atoms with E-state index < -0.39 is 17.7 Å². The number of aromatic hydroxyl groups is 1. The van der Waals surface area contributed by atoms with Crippen LogP contribution in [-0.4, -0.2) is 29.0 Å². The van der Waals surface area contributed by atoms with E-state index in [2.05, 4.69) is 0 Å². The van der Waals surface area contributed by atoms with Crippen molar-refractivity contribution >= 4 is 23.1 Å². The van der Waals surface area contributed by atoms with Crippen molar-refractivity contribution < 1.29 is 24.5 Å². The largest absolute Gasteiger partial charge is 0.507 e. The molecule has 1 saturated heterocycles. The summed E-state index contributed by atoms with van der Waals surface area (Å²) in [4.78, 5) is 28.1. The molecule has 0 spiro atoms. The number of nitrogens with zero attached hydrogens (tertiary/aromatic N) is 1. The first-order chi connectivity index (χ1) is 16.9. The molecule has 186 valence electrons. The maximum absolute atomic E-state index is 13.5. The molecule has 1 heterocycles. The molecule has 3 aromatic rings. The molecule has 0 saturated carbocycles. The molecule has 1 unspecified atom stereocenters. The standard InChI is InChI=1S/C30H31NO5/c1-17-8-7-9-19(14-17)26-25(27(33)20-11-13-24(36-6)21(16-20)30(3,4)5)28(34)29(35)31(26)22-15-18(2)10-12-23(22)32/h7-16,26,32-33H,1-6H3/b27-25-. The zero-order chi connectivity index (χ0) is 26.4. The van der Waals surface area contributed by atoms with Crippen LogP contribution in [0.25, 0.3) is 5.76 Å². The summed E-state index contributed by atoms with van der Waals surface area (Å²) in [7, 11) is 1.59. The van der Waals surface area contributed by atoms with Gasteiger partial charge in [-0.2, -0.15) is 0 Å². The molecular weight excluding hydrogens is 454 g/mol. The second kappa shape index (κ2) is 9.19. The number of methoxy groups -OCH3 is 1. The Balaban J connectivity index is 2.00. The van der Waals surface area contributed by atoms with Crippen molar-refractivity contribution in [3.8, 4) is 11.5 Å². The molecule has 0 radical (unpaired) electrons. The van der Waals surface area contributed by atoms with Gasteiger partial charge in [-0.25, -0.2) is 0 Å². The van der Waals surface area contributed by atoms with Gasteiger partial charge in [-0.05, 0) is 60.7 Å². The van der Waals surface area contributed by atoms with E-state index >= 15 is 0 Å². The Kier molecular flexibility index (Phi) is 6.39. The van der Waals surface area contributed by atoms with Crippen molar-refractivity contribution in [2.24, 2.45) is 0 Å². The number of ether oxygens (including phenoxy) is 1. The van der Waals surface area contributed by atoms with Crippen LogP contribution in [0.1, 0.15) is 54.6 Å². The number of aryl methyl sites for hydroxylation is 2. The van der Waals surface area contributed by atoms with Crippen molar-refractivity contribution in [1.82, 2.24) is 0 Å². The number of carbonyl (C=O) groups is 2. The molecule has 1 amide bonds. The maximum Gasteiger partial charge on any atom is 0.300 e. The van der Waals surface area contributed by atoms with Gasteiger partial charge in [0, 0.05) is 11.1 Å². The zero-order valence-corrected chi connectivity index (χ0v) is 21.4. The number of Topliss-reactive ketones (excluding diaryl/α,β-unsaturated/α-hetero) is 1. The highest BCUT2D eigenvalue weighted by atomic mass is 16.5. The summed E-state index contributed by atoms with van der Waals surface area (Å²) in [5.74, 6) is -1.36. The molecule has 0 aromatic heterocycles. The second-order valence-electron chi connectivity index (χ2n) is 10.2. The van der Waals surface area contributed by atoms with Crippen molar-refractivity contribution in [1.29, 1.82) is 0 Å². The van der Waals surface area contributed by atoms with Gasteiger partial charge in [0.1, 0.15) is 17.3 Å². The summed E-state index contributed by atoms with van der Waals surface area (Å²) < 4.78 is 5.52. The maximum atomic E-state index is 13.5. The number of anilines is 1. The van der Waals surface area contributed by atoms with Crippen LogP contribution in [0, 0.1) is 13.8 Å². The molecule has 6 heteroatoms. The molecule has 1 aliphatic heterocycles. The van der Waals surface area contributed by atoms with Crippen LogP contribution in [-0.2, 0) is 15.0 Å². The summed E-state index contributed by atoms with van der Waals surface area (Å²) in [5, 5.41) is 22.2. The summed E-state index contributed by atoms with van der Waals surface area (Å²) in [6, 6.07) is 16.6. The van der Waals surface area contributed by atoms with E-state index in [1.54, 1.807) is 37.4 Å². The van der Waals surface area contributed by atoms with E-state index in [1.165, 1.54) is 11.0 Å². The topological polar surface area (TPSA) is 87.1 Å². The highest BCUT2D eigenvalue weighted by Crippen LogP contribution is 2.45. The molecule has 0 aliphatic carbocycles. The lowest BCUT2D eigenvalue weighted by Gasteiger charge is -2.27. The van der Waals surface area contributed by atoms with Gasteiger partial charge in [-0.15, -0.1) is 0 Å². The van der Waals surface area contributed by atoms with Crippen LogP contribution in [0.4, 0.5) is 5.69 Å². The number of phenolic OH excluding ortho intramolecular Hbond substituents is 1. The van der Waals surface area contributed by atoms with Gasteiger partial charge >= 0.3 is 0 Å². The number of aliphatic hydroxyl groups is 1. The first-order valence-corrected chi connectivity index (χ1v) is 11.8. The fourth-order valence-corrected chi connectivity index (χ4v) is 4.66. The van der Waals surface area contributed by atoms with E-state index in [0.717, 1.165) is 16.7 Å². The highest BCUT2D eigenvalue weighted by molar-refractivity contribution is 6.52. The molecule has 1 fully saturated rings. The van der Waals surface area contributed by atoms with Crippen molar-refractivity contribution in [2.75, 3.05) is 12.0 Å². The normalized spacial score (nSPS) is 17.5. The smallest absolute Gasteiger partial charge is 0.300 e. The third kappa shape index (κ3) is 4.35. The molecule has 1 aliphatic rings. The second-order valence-corrected chi connectivity index (χ2v) is 10.2. The number of phenols is 1. The number of ketones is 1. The van der Waals surface area contributed by atoms with Crippen LogP contribution >= 0.6 is 0 Å². The third-order valence-electron chi connectivity index (χ3n) is 6.47. The lowest BCUT2D eigenvalue weighted by atomic mass is 9.84. The van der Waals surface area contributed by atoms with E-state index in [1.807, 2.05) is 58.9 Å². The molecule has 3 aromatic carbocycles. The van der Waals surface area contributed by atoms with Gasteiger partial charge in [0.15, 0.2) is 0 Å². The average molecular weight is 486 g/mol. The van der Waals surface area contributed by atoms with E-state index in [4.69, 9.17) is 4.74 Å². The number of rotatable bonds is 4. The third-order valence-corrected chi connectivity index (χ3v) is 6.47. The van der Waals surface area contributed by atoms with E-state index in [9.17, 15) is 19.8 Å². The van der Waals surface area contributed by atoms with Gasteiger partial charge in [-0.3, -0.25) is 14.5 Å². The Morgan fingerprint density at radius 1 is 0.944 bits per heavy atom. The number of hydrogen-bond acceptors (Lipinski definition) is 5. The quantitative estimate of drug-likeness (QED) is 0.271. The predicted molar refractivity (Wildman–Crippen MR) is 140 cm³/mol. The molecular formula is C30H31NO5. The Morgan fingerprint density at radius 2 is 1.64 bits per heavy atom. The molecule has 2 N–H and O–H groups in total. The first kappa shape index (κ1) is 25.0. The highest BCUT2D eigenvalue weighted by Gasteiger charge is 2.47. The van der Waals surface area contributed by atoms with E-state index in [0.29, 0.717) is 16.9 Å². The Bertz CT molecular complexity index is 1400. The van der Waals surface area contributed by atoms with Gasteiger partial charge in [0.2, 0.25) is 0 Å². The summed E-state index contributed by atoms with van der Waals surface area (Å²) in [5.41, 5.74) is 3.56. The number of amides is 1. The van der Waals surface area contributed by atoms with Crippen molar-refractivity contribution in [3.63, 3.8) is 0 Å². The van der Waals surface area contributed by atoms with Gasteiger partial charge in [0.25, 0.3) is 11.7 Å². The van der Waals surface area contributed by atoms with E-state index in [-0.39, 0.29) is 28.2 Å². The molecule has 1 atom stereocenters. The van der Waals surface area contributed by atoms with Crippen LogP contribution in [0.15, 0.2) is 66.2 Å². The molecule has 6 nitrogen and oxygen atoms in total. The zero-order valence-electron chi connectivity index (χ0n) is 21.4. The molecule has 0 bridgehead atoms. The number of carbonyl (C=O) groups excluding carboxylic acids is 2. The van der Waals surface area contributed by atoms with Gasteiger partial charge < -0.3 is 14.9 Å². The summed E-state index contributed by atoms with van der Waals surface area (Å²) in [6.07, 6.45) is 0. The predicted octanol–water partition coefficient (Wildman–Crippen LogP) is 5.94. The summed E-state index contributed by atoms with van der Waals surface area (Å²) in [6.45, 7) is 9.84.